The highest BCUT2D eigenvalue weighted by Gasteiger charge is 2.12. The second-order valence-electron chi connectivity index (χ2n) is 3.87. The SMILES string of the molecule is Cc1ccsc1C(=O)Nc1cccn2cnnc12. The molecule has 0 fully saturated rings. The third-order valence-corrected chi connectivity index (χ3v) is 3.66. The van der Waals surface area contributed by atoms with Gasteiger partial charge in [0.1, 0.15) is 6.33 Å². The summed E-state index contributed by atoms with van der Waals surface area (Å²) in [6.07, 6.45) is 3.43. The predicted molar refractivity (Wildman–Crippen MR) is 70.0 cm³/mol. The van der Waals surface area contributed by atoms with Crippen LogP contribution in [0.15, 0.2) is 36.1 Å². The zero-order valence-corrected chi connectivity index (χ0v) is 10.4. The van der Waals surface area contributed by atoms with Crippen LogP contribution in [0.1, 0.15) is 15.2 Å². The second-order valence-corrected chi connectivity index (χ2v) is 4.79. The van der Waals surface area contributed by atoms with Crippen molar-refractivity contribution < 1.29 is 4.79 Å². The lowest BCUT2D eigenvalue weighted by atomic mass is 10.3. The highest BCUT2D eigenvalue weighted by atomic mass is 32.1. The molecule has 1 amide bonds. The number of hydrogen-bond acceptors (Lipinski definition) is 4. The molecule has 0 atom stereocenters. The Morgan fingerprint density at radius 1 is 1.44 bits per heavy atom. The largest absolute Gasteiger partial charge is 0.318 e. The molecule has 18 heavy (non-hydrogen) atoms. The number of carbonyl (C=O) groups is 1. The fourth-order valence-corrected chi connectivity index (χ4v) is 2.55. The van der Waals surface area contributed by atoms with Gasteiger partial charge in [-0.2, -0.15) is 0 Å². The molecule has 0 unspecified atom stereocenters. The van der Waals surface area contributed by atoms with Crippen molar-refractivity contribution in [1.29, 1.82) is 0 Å². The number of pyridine rings is 1. The van der Waals surface area contributed by atoms with Gasteiger partial charge in [-0.1, -0.05) is 0 Å². The number of nitrogens with zero attached hydrogens (tertiary/aromatic N) is 3. The van der Waals surface area contributed by atoms with Crippen molar-refractivity contribution in [1.82, 2.24) is 14.6 Å². The predicted octanol–water partition coefficient (Wildman–Crippen LogP) is 2.35. The van der Waals surface area contributed by atoms with E-state index in [-0.39, 0.29) is 5.91 Å². The lowest BCUT2D eigenvalue weighted by Crippen LogP contribution is -2.12. The third kappa shape index (κ3) is 1.76. The lowest BCUT2D eigenvalue weighted by molar-refractivity contribution is 0.103. The van der Waals surface area contributed by atoms with Crippen molar-refractivity contribution in [3.8, 4) is 0 Å². The standard InChI is InChI=1S/C12H10N4OS/c1-8-4-6-18-10(8)12(17)14-9-3-2-5-16-7-13-15-11(9)16/h2-7H,1H3,(H,14,17). The van der Waals surface area contributed by atoms with Crippen LogP contribution >= 0.6 is 11.3 Å². The zero-order chi connectivity index (χ0) is 12.5. The van der Waals surface area contributed by atoms with E-state index >= 15 is 0 Å². The first kappa shape index (κ1) is 10.9. The molecular formula is C12H10N4OS. The van der Waals surface area contributed by atoms with Crippen molar-refractivity contribution in [2.75, 3.05) is 5.32 Å². The smallest absolute Gasteiger partial charge is 0.266 e. The molecule has 5 nitrogen and oxygen atoms in total. The van der Waals surface area contributed by atoms with E-state index in [1.807, 2.05) is 36.7 Å². The maximum atomic E-state index is 12.1. The maximum absolute atomic E-state index is 12.1. The quantitative estimate of drug-likeness (QED) is 0.767. The Morgan fingerprint density at radius 3 is 3.11 bits per heavy atom. The molecule has 0 saturated heterocycles. The number of anilines is 1. The maximum Gasteiger partial charge on any atom is 0.266 e. The van der Waals surface area contributed by atoms with Gasteiger partial charge in [-0.3, -0.25) is 9.20 Å². The molecule has 0 saturated carbocycles. The monoisotopic (exact) mass is 258 g/mol. The van der Waals surface area contributed by atoms with Crippen LogP contribution in [0.2, 0.25) is 0 Å². The minimum atomic E-state index is -0.112. The van der Waals surface area contributed by atoms with Gasteiger partial charge in [-0.05, 0) is 36.1 Å². The fraction of sp³-hybridized carbons (Fsp3) is 0.0833. The summed E-state index contributed by atoms with van der Waals surface area (Å²) in [6, 6.07) is 5.58. The van der Waals surface area contributed by atoms with Crippen LogP contribution in [0.3, 0.4) is 0 Å². The number of thiophene rings is 1. The van der Waals surface area contributed by atoms with Gasteiger partial charge in [0.15, 0.2) is 5.65 Å². The highest BCUT2D eigenvalue weighted by Crippen LogP contribution is 2.19. The number of hydrogen-bond donors (Lipinski definition) is 1. The van der Waals surface area contributed by atoms with Gasteiger partial charge in [0.2, 0.25) is 0 Å². The summed E-state index contributed by atoms with van der Waals surface area (Å²) in [7, 11) is 0. The van der Waals surface area contributed by atoms with Gasteiger partial charge in [-0.25, -0.2) is 0 Å². The molecule has 0 aliphatic heterocycles. The van der Waals surface area contributed by atoms with Crippen molar-refractivity contribution in [2.24, 2.45) is 0 Å². The Kier molecular flexibility index (Phi) is 2.56. The van der Waals surface area contributed by atoms with E-state index in [1.165, 1.54) is 11.3 Å². The first-order valence-electron chi connectivity index (χ1n) is 5.39. The Morgan fingerprint density at radius 2 is 2.33 bits per heavy atom. The van der Waals surface area contributed by atoms with Crippen LogP contribution in [0.25, 0.3) is 5.65 Å². The van der Waals surface area contributed by atoms with Crippen molar-refractivity contribution >= 4 is 28.6 Å². The normalized spacial score (nSPS) is 10.7. The van der Waals surface area contributed by atoms with Crippen LogP contribution in [-0.4, -0.2) is 20.5 Å². The topological polar surface area (TPSA) is 59.3 Å². The van der Waals surface area contributed by atoms with Crippen molar-refractivity contribution in [2.45, 2.75) is 6.92 Å². The van der Waals surface area contributed by atoms with Crippen LogP contribution in [0.4, 0.5) is 5.69 Å². The van der Waals surface area contributed by atoms with Crippen LogP contribution in [0, 0.1) is 6.92 Å². The minimum absolute atomic E-state index is 0.112. The molecule has 0 radical (unpaired) electrons. The van der Waals surface area contributed by atoms with Gasteiger partial charge in [0.25, 0.3) is 5.91 Å². The number of carbonyl (C=O) groups excluding carboxylic acids is 1. The average Bonchev–Trinajstić information content (AvgIpc) is 2.97. The van der Waals surface area contributed by atoms with Gasteiger partial charge in [0.05, 0.1) is 10.6 Å². The van der Waals surface area contributed by atoms with E-state index in [0.29, 0.717) is 11.3 Å². The van der Waals surface area contributed by atoms with E-state index in [1.54, 1.807) is 10.7 Å². The molecule has 6 heteroatoms. The van der Waals surface area contributed by atoms with Gasteiger partial charge >= 0.3 is 0 Å². The summed E-state index contributed by atoms with van der Waals surface area (Å²) in [6.45, 7) is 1.92. The van der Waals surface area contributed by atoms with Crippen LogP contribution in [-0.2, 0) is 0 Å². The zero-order valence-electron chi connectivity index (χ0n) is 9.62. The van der Waals surface area contributed by atoms with E-state index in [0.717, 1.165) is 10.4 Å². The highest BCUT2D eigenvalue weighted by molar-refractivity contribution is 7.12. The molecule has 3 rings (SSSR count). The summed E-state index contributed by atoms with van der Waals surface area (Å²) >= 11 is 1.43. The second kappa shape index (κ2) is 4.23. The number of aromatic nitrogens is 3. The molecule has 3 heterocycles. The number of aryl methyl sites for hydroxylation is 1. The Balaban J connectivity index is 1.95. The molecule has 0 aliphatic carbocycles. The summed E-state index contributed by atoms with van der Waals surface area (Å²) in [5.74, 6) is -0.112. The fourth-order valence-electron chi connectivity index (χ4n) is 1.73. The third-order valence-electron chi connectivity index (χ3n) is 2.64. The molecule has 0 aliphatic rings. The summed E-state index contributed by atoms with van der Waals surface area (Å²) < 4.78 is 1.76. The van der Waals surface area contributed by atoms with Gasteiger partial charge in [-0.15, -0.1) is 21.5 Å². The van der Waals surface area contributed by atoms with Crippen LogP contribution in [0.5, 0.6) is 0 Å². The molecule has 0 aromatic carbocycles. The Bertz CT molecular complexity index is 716. The molecule has 0 spiro atoms. The number of amides is 1. The first-order valence-corrected chi connectivity index (χ1v) is 6.27. The first-order chi connectivity index (χ1) is 8.75. The Hall–Kier alpha value is -2.21. The van der Waals surface area contributed by atoms with Crippen LogP contribution < -0.4 is 5.32 Å². The molecule has 1 N–H and O–H groups in total. The summed E-state index contributed by atoms with van der Waals surface area (Å²) in [5, 5.41) is 12.6. The number of fused-ring (bicyclic) bond motifs is 1. The number of rotatable bonds is 2. The number of nitrogens with one attached hydrogen (secondary N) is 1. The van der Waals surface area contributed by atoms with E-state index in [2.05, 4.69) is 15.5 Å². The van der Waals surface area contributed by atoms with Crippen molar-refractivity contribution in [3.05, 3.63) is 46.5 Å². The van der Waals surface area contributed by atoms with Crippen molar-refractivity contribution in [3.63, 3.8) is 0 Å². The molecule has 0 bridgehead atoms. The summed E-state index contributed by atoms with van der Waals surface area (Å²) in [4.78, 5) is 12.8. The lowest BCUT2D eigenvalue weighted by Gasteiger charge is -2.05. The van der Waals surface area contributed by atoms with E-state index in [4.69, 9.17) is 0 Å². The molecule has 3 aromatic heterocycles. The Labute approximate surface area is 107 Å². The molecular weight excluding hydrogens is 248 g/mol. The summed E-state index contributed by atoms with van der Waals surface area (Å²) in [5.41, 5.74) is 2.28. The minimum Gasteiger partial charge on any atom is -0.318 e. The van der Waals surface area contributed by atoms with E-state index in [9.17, 15) is 4.79 Å². The molecule has 3 aromatic rings. The van der Waals surface area contributed by atoms with Gasteiger partial charge in [0, 0.05) is 6.20 Å². The van der Waals surface area contributed by atoms with E-state index < -0.39 is 0 Å². The molecule has 90 valence electrons. The van der Waals surface area contributed by atoms with Gasteiger partial charge < -0.3 is 5.32 Å². The average molecular weight is 258 g/mol.